The fourth-order valence-corrected chi connectivity index (χ4v) is 2.40. The third-order valence-corrected chi connectivity index (χ3v) is 3.66. The Kier molecular flexibility index (Phi) is 8.71. The maximum absolute atomic E-state index is 12.6. The number of anilines is 1. The summed E-state index contributed by atoms with van der Waals surface area (Å²) in [6.45, 7) is 11.7. The lowest BCUT2D eigenvalue weighted by Gasteiger charge is -2.28. The minimum Gasteiger partial charge on any atom is -0.475 e. The van der Waals surface area contributed by atoms with Crippen LogP contribution in [0.25, 0.3) is 0 Å². The number of pyridine rings is 1. The number of nitrogens with one attached hydrogen (secondary N) is 1. The highest BCUT2D eigenvalue weighted by atomic mass is 16.5. The van der Waals surface area contributed by atoms with E-state index in [2.05, 4.69) is 10.3 Å². The number of carbonyl (C=O) groups is 1. The molecule has 1 amide bonds. The molecule has 0 fully saturated rings. The Hall–Kier alpha value is -1.66. The summed E-state index contributed by atoms with van der Waals surface area (Å²) in [7, 11) is 0. The SMILES string of the molecule is CCC[C@@](C)(OCC)C(=O)Nc1ccc(OCCOCC)nc1C. The summed E-state index contributed by atoms with van der Waals surface area (Å²) in [6, 6.07) is 3.54. The zero-order chi connectivity index (χ0) is 18.0. The smallest absolute Gasteiger partial charge is 0.256 e. The van der Waals surface area contributed by atoms with Gasteiger partial charge >= 0.3 is 0 Å². The van der Waals surface area contributed by atoms with E-state index < -0.39 is 5.60 Å². The summed E-state index contributed by atoms with van der Waals surface area (Å²) in [5.74, 6) is 0.368. The molecule has 0 bridgehead atoms. The Bertz CT molecular complexity index is 514. The van der Waals surface area contributed by atoms with Gasteiger partial charge in [-0.15, -0.1) is 0 Å². The van der Waals surface area contributed by atoms with Gasteiger partial charge in [-0.2, -0.15) is 0 Å². The molecular weight excluding hydrogens is 308 g/mol. The number of hydrogen-bond donors (Lipinski definition) is 1. The van der Waals surface area contributed by atoms with Gasteiger partial charge in [-0.1, -0.05) is 13.3 Å². The van der Waals surface area contributed by atoms with Gasteiger partial charge in [-0.3, -0.25) is 4.79 Å². The van der Waals surface area contributed by atoms with E-state index in [9.17, 15) is 4.79 Å². The van der Waals surface area contributed by atoms with Crippen LogP contribution in [0.15, 0.2) is 12.1 Å². The summed E-state index contributed by atoms with van der Waals surface area (Å²) in [4.78, 5) is 16.9. The molecule has 1 heterocycles. The van der Waals surface area contributed by atoms with Gasteiger partial charge in [0.05, 0.1) is 18.0 Å². The topological polar surface area (TPSA) is 69.7 Å². The van der Waals surface area contributed by atoms with Crippen molar-refractivity contribution in [2.45, 2.75) is 53.1 Å². The molecule has 1 aromatic rings. The normalized spacial score (nSPS) is 13.4. The van der Waals surface area contributed by atoms with Crippen LogP contribution in [0.3, 0.4) is 0 Å². The van der Waals surface area contributed by atoms with E-state index in [1.165, 1.54) is 0 Å². The second kappa shape index (κ2) is 10.3. The highest BCUT2D eigenvalue weighted by Crippen LogP contribution is 2.23. The van der Waals surface area contributed by atoms with Gasteiger partial charge in [0, 0.05) is 19.3 Å². The van der Waals surface area contributed by atoms with Crippen LogP contribution in [-0.4, -0.2) is 42.9 Å². The van der Waals surface area contributed by atoms with Gasteiger partial charge in [0.25, 0.3) is 5.91 Å². The molecule has 0 saturated carbocycles. The van der Waals surface area contributed by atoms with Crippen LogP contribution in [0.4, 0.5) is 5.69 Å². The molecule has 0 unspecified atom stereocenters. The lowest BCUT2D eigenvalue weighted by molar-refractivity contribution is -0.139. The monoisotopic (exact) mass is 338 g/mol. The third-order valence-electron chi connectivity index (χ3n) is 3.66. The Morgan fingerprint density at radius 2 is 1.96 bits per heavy atom. The number of rotatable bonds is 11. The second-order valence-electron chi connectivity index (χ2n) is 5.70. The average molecular weight is 338 g/mol. The maximum atomic E-state index is 12.6. The standard InChI is InChI=1S/C18H30N2O4/c1-6-11-18(5,24-8-3)17(21)20-15-9-10-16(19-14(15)4)23-13-12-22-7-2/h9-10H,6-8,11-13H2,1-5H3,(H,20,21)/t18-/m1/s1. The highest BCUT2D eigenvalue weighted by Gasteiger charge is 2.33. The van der Waals surface area contributed by atoms with E-state index in [4.69, 9.17) is 14.2 Å². The highest BCUT2D eigenvalue weighted by molar-refractivity contribution is 5.97. The van der Waals surface area contributed by atoms with Gasteiger partial charge in [0.2, 0.25) is 5.88 Å². The molecule has 1 rings (SSSR count). The molecule has 1 aromatic heterocycles. The summed E-state index contributed by atoms with van der Waals surface area (Å²) < 4.78 is 16.4. The number of amides is 1. The number of hydrogen-bond acceptors (Lipinski definition) is 5. The van der Waals surface area contributed by atoms with Crippen molar-refractivity contribution in [3.8, 4) is 5.88 Å². The summed E-state index contributed by atoms with van der Waals surface area (Å²) in [5, 5.41) is 2.92. The molecule has 6 heteroatoms. The predicted octanol–water partition coefficient (Wildman–Crippen LogP) is 3.34. The molecule has 136 valence electrons. The van der Waals surface area contributed by atoms with Crippen LogP contribution in [0.2, 0.25) is 0 Å². The molecule has 0 radical (unpaired) electrons. The number of aryl methyl sites for hydroxylation is 1. The van der Waals surface area contributed by atoms with Crippen LogP contribution < -0.4 is 10.1 Å². The molecule has 0 saturated heterocycles. The molecule has 1 N–H and O–H groups in total. The van der Waals surface area contributed by atoms with Crippen molar-refractivity contribution in [1.29, 1.82) is 0 Å². The summed E-state index contributed by atoms with van der Waals surface area (Å²) >= 11 is 0. The lowest BCUT2D eigenvalue weighted by atomic mass is 9.99. The zero-order valence-electron chi connectivity index (χ0n) is 15.5. The largest absolute Gasteiger partial charge is 0.475 e. The Morgan fingerprint density at radius 1 is 1.21 bits per heavy atom. The first-order valence-electron chi connectivity index (χ1n) is 8.60. The molecule has 6 nitrogen and oxygen atoms in total. The van der Waals surface area contributed by atoms with E-state index >= 15 is 0 Å². The minimum atomic E-state index is -0.831. The Balaban J connectivity index is 2.71. The fraction of sp³-hybridized carbons (Fsp3) is 0.667. The van der Waals surface area contributed by atoms with Gasteiger partial charge < -0.3 is 19.5 Å². The van der Waals surface area contributed by atoms with Gasteiger partial charge in [0.1, 0.15) is 12.2 Å². The lowest BCUT2D eigenvalue weighted by Crippen LogP contribution is -2.42. The molecule has 0 spiro atoms. The van der Waals surface area contributed by atoms with Gasteiger partial charge in [0.15, 0.2) is 0 Å². The van der Waals surface area contributed by atoms with Crippen molar-refractivity contribution >= 4 is 11.6 Å². The molecule has 0 aromatic carbocycles. The van der Waals surface area contributed by atoms with Crippen molar-refractivity contribution in [3.05, 3.63) is 17.8 Å². The van der Waals surface area contributed by atoms with E-state index in [1.54, 1.807) is 12.1 Å². The fourth-order valence-electron chi connectivity index (χ4n) is 2.40. The van der Waals surface area contributed by atoms with E-state index in [0.29, 0.717) is 50.1 Å². The number of aromatic nitrogens is 1. The van der Waals surface area contributed by atoms with Gasteiger partial charge in [-0.25, -0.2) is 4.98 Å². The molecule has 24 heavy (non-hydrogen) atoms. The van der Waals surface area contributed by atoms with Crippen LogP contribution in [-0.2, 0) is 14.3 Å². The number of ether oxygens (including phenoxy) is 3. The second-order valence-corrected chi connectivity index (χ2v) is 5.70. The first-order valence-corrected chi connectivity index (χ1v) is 8.60. The maximum Gasteiger partial charge on any atom is 0.256 e. The third kappa shape index (κ3) is 6.09. The van der Waals surface area contributed by atoms with Crippen molar-refractivity contribution in [2.24, 2.45) is 0 Å². The molecule has 1 atom stereocenters. The molecule has 0 aliphatic carbocycles. The number of nitrogens with zero attached hydrogens (tertiary/aromatic N) is 1. The first kappa shape index (κ1) is 20.4. The quantitative estimate of drug-likeness (QED) is 0.627. The van der Waals surface area contributed by atoms with Crippen LogP contribution in [0.5, 0.6) is 5.88 Å². The van der Waals surface area contributed by atoms with Gasteiger partial charge in [-0.05, 0) is 40.2 Å². The Labute approximate surface area is 144 Å². The summed E-state index contributed by atoms with van der Waals surface area (Å²) in [5.41, 5.74) is 0.537. The van der Waals surface area contributed by atoms with Crippen molar-refractivity contribution in [1.82, 2.24) is 4.98 Å². The molecule has 0 aliphatic heterocycles. The van der Waals surface area contributed by atoms with Crippen molar-refractivity contribution in [3.63, 3.8) is 0 Å². The predicted molar refractivity (Wildman–Crippen MR) is 94.5 cm³/mol. The molecular formula is C18H30N2O4. The van der Waals surface area contributed by atoms with E-state index in [0.717, 1.165) is 6.42 Å². The average Bonchev–Trinajstić information content (AvgIpc) is 2.54. The van der Waals surface area contributed by atoms with Crippen LogP contribution >= 0.6 is 0 Å². The Morgan fingerprint density at radius 3 is 2.54 bits per heavy atom. The van der Waals surface area contributed by atoms with Crippen LogP contribution in [0.1, 0.15) is 46.2 Å². The summed E-state index contributed by atoms with van der Waals surface area (Å²) in [6.07, 6.45) is 1.53. The number of carbonyl (C=O) groups excluding carboxylic acids is 1. The van der Waals surface area contributed by atoms with Crippen molar-refractivity contribution < 1.29 is 19.0 Å². The molecule has 0 aliphatic rings. The minimum absolute atomic E-state index is 0.152. The van der Waals surface area contributed by atoms with E-state index in [-0.39, 0.29) is 5.91 Å². The zero-order valence-corrected chi connectivity index (χ0v) is 15.5. The van der Waals surface area contributed by atoms with Crippen molar-refractivity contribution in [2.75, 3.05) is 31.7 Å². The van der Waals surface area contributed by atoms with Crippen LogP contribution in [0, 0.1) is 6.92 Å². The first-order chi connectivity index (χ1) is 11.5. The van der Waals surface area contributed by atoms with E-state index in [1.807, 2.05) is 34.6 Å².